The maximum absolute atomic E-state index is 12.1. The molecule has 2 aliphatic rings. The third kappa shape index (κ3) is 4.20. The van der Waals surface area contributed by atoms with Crippen LogP contribution in [-0.2, 0) is 4.79 Å². The number of amides is 1. The number of rotatable bonds is 6. The van der Waals surface area contributed by atoms with E-state index in [9.17, 15) is 10.1 Å². The molecular weight excluding hydrogens is 358 g/mol. The van der Waals surface area contributed by atoms with E-state index in [2.05, 4.69) is 21.3 Å². The number of piperazine rings is 1. The Morgan fingerprint density at radius 3 is 2.75 bits per heavy atom. The van der Waals surface area contributed by atoms with E-state index in [1.165, 1.54) is 12.8 Å². The first-order valence-electron chi connectivity index (χ1n) is 9.94. The number of oxazole rings is 1. The van der Waals surface area contributed by atoms with Gasteiger partial charge in [-0.1, -0.05) is 12.8 Å². The molecule has 1 aliphatic heterocycles. The molecule has 4 rings (SSSR count). The quantitative estimate of drug-likeness (QED) is 0.817. The van der Waals surface area contributed by atoms with Crippen molar-refractivity contribution in [2.75, 3.05) is 37.6 Å². The number of furan rings is 1. The van der Waals surface area contributed by atoms with Gasteiger partial charge in [-0.2, -0.15) is 10.2 Å². The molecule has 1 saturated heterocycles. The van der Waals surface area contributed by atoms with Crippen molar-refractivity contribution in [1.29, 1.82) is 5.26 Å². The molecule has 3 heterocycles. The Morgan fingerprint density at radius 1 is 1.29 bits per heavy atom. The Kier molecular flexibility index (Phi) is 5.63. The molecule has 0 radical (unpaired) electrons. The van der Waals surface area contributed by atoms with Gasteiger partial charge in [0.25, 0.3) is 5.89 Å². The lowest BCUT2D eigenvalue weighted by molar-refractivity contribution is -0.122. The van der Waals surface area contributed by atoms with Crippen molar-refractivity contribution < 1.29 is 13.6 Å². The number of aromatic nitrogens is 1. The second-order valence-corrected chi connectivity index (χ2v) is 7.39. The lowest BCUT2D eigenvalue weighted by Gasteiger charge is -2.34. The summed E-state index contributed by atoms with van der Waals surface area (Å²) in [5, 5.41) is 12.5. The van der Waals surface area contributed by atoms with Gasteiger partial charge in [-0.15, -0.1) is 0 Å². The van der Waals surface area contributed by atoms with E-state index < -0.39 is 0 Å². The maximum Gasteiger partial charge on any atom is 0.266 e. The van der Waals surface area contributed by atoms with Crippen LogP contribution in [0.15, 0.2) is 27.2 Å². The van der Waals surface area contributed by atoms with Crippen LogP contribution in [0.25, 0.3) is 11.7 Å². The van der Waals surface area contributed by atoms with Gasteiger partial charge in [0.1, 0.15) is 6.07 Å². The highest BCUT2D eigenvalue weighted by molar-refractivity contribution is 5.76. The molecule has 8 nitrogen and oxygen atoms in total. The van der Waals surface area contributed by atoms with Crippen molar-refractivity contribution in [3.63, 3.8) is 0 Å². The topological polar surface area (TPSA) is 98.5 Å². The minimum absolute atomic E-state index is 0.152. The lowest BCUT2D eigenvalue weighted by Crippen LogP contribution is -2.47. The molecule has 28 heavy (non-hydrogen) atoms. The maximum atomic E-state index is 12.1. The molecule has 1 N–H and O–H groups in total. The van der Waals surface area contributed by atoms with Crippen LogP contribution in [0.1, 0.15) is 37.8 Å². The van der Waals surface area contributed by atoms with Crippen molar-refractivity contribution in [3.8, 4) is 17.7 Å². The molecule has 0 spiro atoms. The summed E-state index contributed by atoms with van der Waals surface area (Å²) < 4.78 is 11.1. The van der Waals surface area contributed by atoms with Gasteiger partial charge in [-0.3, -0.25) is 9.69 Å². The van der Waals surface area contributed by atoms with Crippen LogP contribution in [0.2, 0.25) is 0 Å². The summed E-state index contributed by atoms with van der Waals surface area (Å²) in [6.07, 6.45) is 6.76. The lowest BCUT2D eigenvalue weighted by atomic mass is 10.2. The van der Waals surface area contributed by atoms with Crippen LogP contribution < -0.4 is 10.2 Å². The van der Waals surface area contributed by atoms with Crippen LogP contribution in [0.5, 0.6) is 0 Å². The Labute approximate surface area is 164 Å². The van der Waals surface area contributed by atoms with E-state index in [1.54, 1.807) is 18.4 Å². The summed E-state index contributed by atoms with van der Waals surface area (Å²) in [6.45, 7) is 3.85. The molecule has 0 bridgehead atoms. The smallest absolute Gasteiger partial charge is 0.266 e. The fourth-order valence-electron chi connectivity index (χ4n) is 3.91. The predicted octanol–water partition coefficient (Wildman–Crippen LogP) is 2.38. The minimum atomic E-state index is 0.152. The van der Waals surface area contributed by atoms with Gasteiger partial charge in [-0.05, 0) is 25.0 Å². The highest BCUT2D eigenvalue weighted by Crippen LogP contribution is 2.29. The van der Waals surface area contributed by atoms with Gasteiger partial charge in [0, 0.05) is 45.2 Å². The molecule has 0 atom stereocenters. The van der Waals surface area contributed by atoms with Gasteiger partial charge >= 0.3 is 0 Å². The molecule has 2 fully saturated rings. The highest BCUT2D eigenvalue weighted by atomic mass is 16.4. The average molecular weight is 383 g/mol. The Hall–Kier alpha value is -2.79. The molecule has 0 unspecified atom stereocenters. The summed E-state index contributed by atoms with van der Waals surface area (Å²) in [5.74, 6) is 1.48. The number of hydrogen-bond acceptors (Lipinski definition) is 7. The molecule has 8 heteroatoms. The number of nitrogens with one attached hydrogen (secondary N) is 1. The Balaban J connectivity index is 1.28. The normalized spacial score (nSPS) is 18.3. The van der Waals surface area contributed by atoms with Crippen molar-refractivity contribution >= 4 is 11.8 Å². The first-order valence-corrected chi connectivity index (χ1v) is 9.94. The largest absolute Gasteiger partial charge is 0.459 e. The summed E-state index contributed by atoms with van der Waals surface area (Å²) in [5.41, 5.74) is 0.274. The third-order valence-corrected chi connectivity index (χ3v) is 5.48. The summed E-state index contributed by atoms with van der Waals surface area (Å²) >= 11 is 0. The fraction of sp³-hybridized carbons (Fsp3) is 0.550. The second kappa shape index (κ2) is 8.48. The van der Waals surface area contributed by atoms with Crippen LogP contribution in [-0.4, -0.2) is 54.6 Å². The molecule has 1 amide bonds. The fourth-order valence-corrected chi connectivity index (χ4v) is 3.91. The van der Waals surface area contributed by atoms with Gasteiger partial charge in [0.2, 0.25) is 17.5 Å². The van der Waals surface area contributed by atoms with Crippen LogP contribution in [0, 0.1) is 11.3 Å². The monoisotopic (exact) mass is 383 g/mol. The zero-order valence-electron chi connectivity index (χ0n) is 15.9. The minimum Gasteiger partial charge on any atom is -0.459 e. The molecule has 148 valence electrons. The highest BCUT2D eigenvalue weighted by Gasteiger charge is 2.25. The van der Waals surface area contributed by atoms with E-state index in [0.29, 0.717) is 30.0 Å². The van der Waals surface area contributed by atoms with E-state index in [4.69, 9.17) is 8.83 Å². The molecular formula is C20H25N5O3. The summed E-state index contributed by atoms with van der Waals surface area (Å²) in [7, 11) is 0. The molecule has 0 aromatic carbocycles. The number of hydrogen-bond donors (Lipinski definition) is 1. The van der Waals surface area contributed by atoms with Crippen molar-refractivity contribution in [2.24, 2.45) is 0 Å². The van der Waals surface area contributed by atoms with Gasteiger partial charge in [0.15, 0.2) is 5.76 Å². The van der Waals surface area contributed by atoms with Gasteiger partial charge in [0.05, 0.1) is 6.26 Å². The van der Waals surface area contributed by atoms with Gasteiger partial charge < -0.3 is 19.1 Å². The number of carbonyl (C=O) groups is 1. The molecule has 2 aromatic rings. The van der Waals surface area contributed by atoms with E-state index in [0.717, 1.165) is 45.6 Å². The SMILES string of the molecule is N#Cc1nc(-c2ccco2)oc1N1CCN(CCC(=O)NC2CCCC2)CC1. The summed E-state index contributed by atoms with van der Waals surface area (Å²) in [6, 6.07) is 6.00. The first kappa shape index (κ1) is 18.6. The van der Waals surface area contributed by atoms with E-state index in [-0.39, 0.29) is 11.6 Å². The third-order valence-electron chi connectivity index (χ3n) is 5.48. The van der Waals surface area contributed by atoms with Crippen LogP contribution >= 0.6 is 0 Å². The van der Waals surface area contributed by atoms with Crippen molar-refractivity contribution in [3.05, 3.63) is 24.1 Å². The Morgan fingerprint density at radius 2 is 2.07 bits per heavy atom. The van der Waals surface area contributed by atoms with Crippen LogP contribution in [0.3, 0.4) is 0 Å². The zero-order valence-corrected chi connectivity index (χ0v) is 15.9. The Bertz CT molecular complexity index is 825. The van der Waals surface area contributed by atoms with Gasteiger partial charge in [-0.25, -0.2) is 0 Å². The standard InChI is InChI=1S/C20H25N5O3/c21-14-16-20(28-19(23-16)17-6-3-13-27-17)25-11-9-24(10-12-25)8-7-18(26)22-15-4-1-2-5-15/h3,6,13,15H,1-2,4-5,7-12H2,(H,22,26). The predicted molar refractivity (Wildman–Crippen MR) is 103 cm³/mol. The average Bonchev–Trinajstić information content (AvgIpc) is 3.47. The molecule has 1 saturated carbocycles. The zero-order chi connectivity index (χ0) is 19.3. The molecule has 1 aliphatic carbocycles. The van der Waals surface area contributed by atoms with E-state index >= 15 is 0 Å². The molecule has 2 aromatic heterocycles. The number of anilines is 1. The van der Waals surface area contributed by atoms with E-state index in [1.807, 2.05) is 4.90 Å². The number of nitriles is 1. The second-order valence-electron chi connectivity index (χ2n) is 7.39. The number of nitrogens with zero attached hydrogens (tertiary/aromatic N) is 4. The van der Waals surface area contributed by atoms with Crippen molar-refractivity contribution in [2.45, 2.75) is 38.1 Å². The van der Waals surface area contributed by atoms with Crippen LogP contribution in [0.4, 0.5) is 5.88 Å². The number of carbonyl (C=O) groups excluding carboxylic acids is 1. The summed E-state index contributed by atoms with van der Waals surface area (Å²) in [4.78, 5) is 20.7. The van der Waals surface area contributed by atoms with Crippen molar-refractivity contribution in [1.82, 2.24) is 15.2 Å². The first-order chi connectivity index (χ1) is 13.7.